The molecule has 0 saturated carbocycles. The normalized spacial score (nSPS) is 9.79. The molecule has 0 aliphatic rings. The minimum Gasteiger partial charge on any atom is -0.486 e. The Kier molecular flexibility index (Phi) is 3.98. The first-order valence-corrected chi connectivity index (χ1v) is 4.77. The lowest BCUT2D eigenvalue weighted by atomic mass is 10.1. The molecule has 0 radical (unpaired) electrons. The molecule has 14 heavy (non-hydrogen) atoms. The van der Waals surface area contributed by atoms with Crippen molar-refractivity contribution in [3.63, 3.8) is 0 Å². The van der Waals surface area contributed by atoms with Crippen LogP contribution in [0.15, 0.2) is 24.3 Å². The molecular weight excluding hydrogens is 176 g/mol. The smallest absolute Gasteiger partial charge is 0.145 e. The molecule has 1 aromatic rings. The maximum Gasteiger partial charge on any atom is 0.145 e. The highest BCUT2D eigenvalue weighted by Gasteiger charge is 1.95. The molecule has 0 unspecified atom stereocenters. The number of ether oxygens (including phenoxy) is 1. The molecule has 1 aromatic carbocycles. The maximum absolute atomic E-state index is 7.00. The number of benzene rings is 1. The summed E-state index contributed by atoms with van der Waals surface area (Å²) in [6, 6.07) is 7.90. The largest absolute Gasteiger partial charge is 0.486 e. The Morgan fingerprint density at radius 2 is 2.00 bits per heavy atom. The van der Waals surface area contributed by atoms with Crippen molar-refractivity contribution in [2.45, 2.75) is 19.8 Å². The van der Waals surface area contributed by atoms with E-state index in [1.54, 1.807) is 0 Å². The van der Waals surface area contributed by atoms with E-state index in [9.17, 15) is 0 Å². The molecule has 0 aliphatic heterocycles. The fourth-order valence-electron chi connectivity index (χ4n) is 1.20. The summed E-state index contributed by atoms with van der Waals surface area (Å²) in [5, 5.41) is 7.00. The maximum atomic E-state index is 7.00. The van der Waals surface area contributed by atoms with Gasteiger partial charge in [-0.3, -0.25) is 5.41 Å². The molecule has 0 fully saturated rings. The highest BCUT2D eigenvalue weighted by molar-refractivity contribution is 5.78. The molecular formula is C11H16N2O. The third-order valence-corrected chi connectivity index (χ3v) is 1.86. The molecule has 0 aromatic heterocycles. The van der Waals surface area contributed by atoms with Crippen LogP contribution >= 0.6 is 0 Å². The van der Waals surface area contributed by atoms with Crippen molar-refractivity contribution in [3.05, 3.63) is 29.8 Å². The number of nitrogens with two attached hydrogens (primary N) is 1. The summed E-state index contributed by atoms with van der Waals surface area (Å²) in [5.41, 5.74) is 6.48. The average molecular weight is 192 g/mol. The van der Waals surface area contributed by atoms with E-state index < -0.39 is 0 Å². The van der Waals surface area contributed by atoms with E-state index in [2.05, 4.69) is 6.92 Å². The van der Waals surface area contributed by atoms with Crippen LogP contribution < -0.4 is 10.5 Å². The highest BCUT2D eigenvalue weighted by Crippen LogP contribution is 2.12. The van der Waals surface area contributed by atoms with Gasteiger partial charge in [0.2, 0.25) is 0 Å². The van der Waals surface area contributed by atoms with Crippen molar-refractivity contribution in [2.24, 2.45) is 5.73 Å². The monoisotopic (exact) mass is 192 g/mol. The van der Waals surface area contributed by atoms with Crippen molar-refractivity contribution in [3.8, 4) is 5.75 Å². The van der Waals surface area contributed by atoms with Crippen molar-refractivity contribution < 1.29 is 4.74 Å². The van der Waals surface area contributed by atoms with Gasteiger partial charge in [-0.05, 0) is 24.1 Å². The summed E-state index contributed by atoms with van der Waals surface area (Å²) in [7, 11) is 0. The first kappa shape index (κ1) is 10.6. The Morgan fingerprint density at radius 3 is 2.50 bits per heavy atom. The lowest BCUT2D eigenvalue weighted by molar-refractivity contribution is 0.374. The molecule has 3 nitrogen and oxygen atoms in total. The van der Waals surface area contributed by atoms with Crippen LogP contribution in [0.4, 0.5) is 0 Å². The molecule has 3 N–H and O–H groups in total. The van der Waals surface area contributed by atoms with Gasteiger partial charge >= 0.3 is 0 Å². The Bertz CT molecular complexity index is 293. The number of nitrogens with one attached hydrogen (secondary N) is 1. The Balaban J connectivity index is 2.50. The fraction of sp³-hybridized carbons (Fsp3) is 0.364. The predicted octanol–water partition coefficient (Wildman–Crippen LogP) is 1.95. The molecule has 3 heteroatoms. The highest BCUT2D eigenvalue weighted by atomic mass is 16.5. The Morgan fingerprint density at radius 1 is 1.36 bits per heavy atom. The van der Waals surface area contributed by atoms with Crippen LogP contribution in [0, 0.1) is 5.41 Å². The quantitative estimate of drug-likeness (QED) is 0.553. The molecule has 76 valence electrons. The van der Waals surface area contributed by atoms with E-state index in [4.69, 9.17) is 15.9 Å². The first-order valence-electron chi connectivity index (χ1n) is 4.77. The lowest BCUT2D eigenvalue weighted by Gasteiger charge is -2.05. The van der Waals surface area contributed by atoms with Crippen LogP contribution in [0.5, 0.6) is 5.75 Å². The van der Waals surface area contributed by atoms with Gasteiger partial charge in [0, 0.05) is 0 Å². The Labute approximate surface area is 84.4 Å². The number of hydrogen-bond acceptors (Lipinski definition) is 2. The van der Waals surface area contributed by atoms with E-state index in [-0.39, 0.29) is 12.4 Å². The second-order valence-electron chi connectivity index (χ2n) is 3.21. The van der Waals surface area contributed by atoms with Gasteiger partial charge in [0.25, 0.3) is 0 Å². The topological polar surface area (TPSA) is 59.1 Å². The molecule has 0 heterocycles. The van der Waals surface area contributed by atoms with Gasteiger partial charge in [0.05, 0.1) is 0 Å². The lowest BCUT2D eigenvalue weighted by Crippen LogP contribution is -2.19. The number of rotatable bonds is 5. The SMILES string of the molecule is CCCc1ccc(OCC(=N)N)cc1. The molecule has 0 bridgehead atoms. The zero-order chi connectivity index (χ0) is 10.4. The zero-order valence-electron chi connectivity index (χ0n) is 8.42. The number of amidine groups is 1. The van der Waals surface area contributed by atoms with E-state index in [1.807, 2.05) is 24.3 Å². The first-order chi connectivity index (χ1) is 6.72. The minimum atomic E-state index is 0.0441. The summed E-state index contributed by atoms with van der Waals surface area (Å²) in [6.07, 6.45) is 2.24. The molecule has 0 saturated heterocycles. The molecule has 0 spiro atoms. The van der Waals surface area contributed by atoms with E-state index in [1.165, 1.54) is 5.56 Å². The summed E-state index contributed by atoms with van der Waals surface area (Å²) < 4.78 is 5.25. The number of hydrogen-bond donors (Lipinski definition) is 2. The van der Waals surface area contributed by atoms with Gasteiger partial charge in [-0.2, -0.15) is 0 Å². The van der Waals surface area contributed by atoms with Crippen LogP contribution in [-0.2, 0) is 6.42 Å². The predicted molar refractivity (Wildman–Crippen MR) is 57.8 cm³/mol. The van der Waals surface area contributed by atoms with Crippen molar-refractivity contribution >= 4 is 5.84 Å². The van der Waals surface area contributed by atoms with Gasteiger partial charge in [-0.1, -0.05) is 25.5 Å². The molecule has 1 rings (SSSR count). The summed E-state index contributed by atoms with van der Waals surface area (Å²) >= 11 is 0. The van der Waals surface area contributed by atoms with Crippen LogP contribution in [-0.4, -0.2) is 12.4 Å². The molecule has 0 atom stereocenters. The average Bonchev–Trinajstić information content (AvgIpc) is 2.17. The van der Waals surface area contributed by atoms with Crippen LogP contribution in [0.1, 0.15) is 18.9 Å². The van der Waals surface area contributed by atoms with E-state index in [0.717, 1.165) is 18.6 Å². The number of aryl methyl sites for hydroxylation is 1. The van der Waals surface area contributed by atoms with Crippen LogP contribution in [0.2, 0.25) is 0 Å². The Hall–Kier alpha value is -1.51. The fourth-order valence-corrected chi connectivity index (χ4v) is 1.20. The van der Waals surface area contributed by atoms with Gasteiger partial charge in [0.15, 0.2) is 0 Å². The molecule has 0 aliphatic carbocycles. The summed E-state index contributed by atoms with van der Waals surface area (Å²) in [5.74, 6) is 0.808. The van der Waals surface area contributed by atoms with Crippen LogP contribution in [0.3, 0.4) is 0 Å². The second-order valence-corrected chi connectivity index (χ2v) is 3.21. The third-order valence-electron chi connectivity index (χ3n) is 1.86. The second kappa shape index (κ2) is 5.27. The van der Waals surface area contributed by atoms with Crippen LogP contribution in [0.25, 0.3) is 0 Å². The van der Waals surface area contributed by atoms with E-state index >= 15 is 0 Å². The van der Waals surface area contributed by atoms with Crippen molar-refractivity contribution in [1.82, 2.24) is 0 Å². The van der Waals surface area contributed by atoms with Gasteiger partial charge in [-0.25, -0.2) is 0 Å². The van der Waals surface area contributed by atoms with Gasteiger partial charge < -0.3 is 10.5 Å². The van der Waals surface area contributed by atoms with Crippen molar-refractivity contribution in [1.29, 1.82) is 5.41 Å². The zero-order valence-corrected chi connectivity index (χ0v) is 8.42. The third kappa shape index (κ3) is 3.47. The van der Waals surface area contributed by atoms with Gasteiger partial charge in [0.1, 0.15) is 18.2 Å². The van der Waals surface area contributed by atoms with Crippen molar-refractivity contribution in [2.75, 3.05) is 6.61 Å². The summed E-state index contributed by atoms with van der Waals surface area (Å²) in [4.78, 5) is 0. The minimum absolute atomic E-state index is 0.0441. The summed E-state index contributed by atoms with van der Waals surface area (Å²) in [6.45, 7) is 2.31. The van der Waals surface area contributed by atoms with E-state index in [0.29, 0.717) is 0 Å². The molecule has 0 amide bonds. The standard InChI is InChI=1S/C11H16N2O/c1-2-3-9-4-6-10(7-5-9)14-8-11(12)13/h4-7H,2-3,8H2,1H3,(H3,12,13). The van der Waals surface area contributed by atoms with Gasteiger partial charge in [-0.15, -0.1) is 0 Å².